The predicted molar refractivity (Wildman–Crippen MR) is 66.2 cm³/mol. The molecular weight excluding hydrogens is 200 g/mol. The van der Waals surface area contributed by atoms with Crippen molar-refractivity contribution in [2.45, 2.75) is 53.9 Å². The topological polar surface area (TPSA) is 37.3 Å². The first-order valence-corrected chi connectivity index (χ1v) is 6.44. The molecule has 94 valence electrons. The van der Waals surface area contributed by atoms with Crippen LogP contribution in [-0.2, 0) is 4.79 Å². The summed E-state index contributed by atoms with van der Waals surface area (Å²) in [7, 11) is 0. The first-order valence-electron chi connectivity index (χ1n) is 6.44. The molecule has 1 N–H and O–H groups in total. The van der Waals surface area contributed by atoms with Gasteiger partial charge in [0.2, 0.25) is 0 Å². The third-order valence-electron chi connectivity index (χ3n) is 3.89. The maximum absolute atomic E-state index is 11.5. The molecular formula is C14H26O2. The Morgan fingerprint density at radius 3 is 1.88 bits per heavy atom. The summed E-state index contributed by atoms with van der Waals surface area (Å²) in [5.41, 5.74) is -0.132. The van der Waals surface area contributed by atoms with E-state index >= 15 is 0 Å². The Morgan fingerprint density at radius 2 is 1.56 bits per heavy atom. The van der Waals surface area contributed by atoms with Crippen LogP contribution in [0.2, 0.25) is 0 Å². The minimum absolute atomic E-state index is 0.132. The van der Waals surface area contributed by atoms with Gasteiger partial charge in [0.15, 0.2) is 0 Å². The molecule has 1 saturated carbocycles. The zero-order valence-electron chi connectivity index (χ0n) is 11.3. The molecule has 0 bridgehead atoms. The van der Waals surface area contributed by atoms with E-state index in [4.69, 9.17) is 0 Å². The molecule has 0 aromatic rings. The van der Waals surface area contributed by atoms with Gasteiger partial charge in [-0.3, -0.25) is 4.79 Å². The van der Waals surface area contributed by atoms with Crippen molar-refractivity contribution in [2.24, 2.45) is 29.1 Å². The molecule has 2 nitrogen and oxygen atoms in total. The van der Waals surface area contributed by atoms with Gasteiger partial charge in [-0.05, 0) is 42.4 Å². The van der Waals surface area contributed by atoms with Gasteiger partial charge in [-0.1, -0.05) is 34.6 Å². The number of aliphatic carboxylic acids is 1. The Balaban J connectivity index is 2.83. The number of rotatable bonds is 2. The number of carboxylic acids is 1. The van der Waals surface area contributed by atoms with Crippen LogP contribution in [0.5, 0.6) is 0 Å². The van der Waals surface area contributed by atoms with Gasteiger partial charge >= 0.3 is 5.97 Å². The minimum atomic E-state index is -0.612. The molecule has 3 unspecified atom stereocenters. The second kappa shape index (κ2) is 4.77. The van der Waals surface area contributed by atoms with Gasteiger partial charge < -0.3 is 5.11 Å². The van der Waals surface area contributed by atoms with Gasteiger partial charge in [0.05, 0.1) is 5.92 Å². The third kappa shape index (κ3) is 3.23. The third-order valence-corrected chi connectivity index (χ3v) is 3.89. The highest BCUT2D eigenvalue weighted by atomic mass is 16.4. The van der Waals surface area contributed by atoms with Crippen LogP contribution in [0.3, 0.4) is 0 Å². The van der Waals surface area contributed by atoms with Crippen LogP contribution in [0.25, 0.3) is 0 Å². The predicted octanol–water partition coefficient (Wildman–Crippen LogP) is 3.81. The van der Waals surface area contributed by atoms with E-state index in [0.717, 1.165) is 12.8 Å². The van der Waals surface area contributed by atoms with E-state index in [1.165, 1.54) is 6.42 Å². The lowest BCUT2D eigenvalue weighted by Crippen LogP contribution is -2.38. The maximum atomic E-state index is 11.5. The van der Waals surface area contributed by atoms with Crippen LogP contribution in [0.1, 0.15) is 53.9 Å². The quantitative estimate of drug-likeness (QED) is 0.777. The van der Waals surface area contributed by atoms with Crippen LogP contribution < -0.4 is 0 Å². The van der Waals surface area contributed by atoms with Crippen molar-refractivity contribution in [3.05, 3.63) is 0 Å². The summed E-state index contributed by atoms with van der Waals surface area (Å²) in [6.07, 6.45) is 3.42. The Morgan fingerprint density at radius 1 is 1.12 bits per heavy atom. The normalized spacial score (nSPS) is 33.4. The SMILES string of the molecule is CC1CC(C)CC(C(C(=O)O)C(C)(C)C)C1. The molecule has 1 aliphatic rings. The monoisotopic (exact) mass is 226 g/mol. The van der Waals surface area contributed by atoms with E-state index in [-0.39, 0.29) is 11.3 Å². The number of hydrogen-bond acceptors (Lipinski definition) is 1. The van der Waals surface area contributed by atoms with E-state index in [0.29, 0.717) is 17.8 Å². The van der Waals surface area contributed by atoms with Gasteiger partial charge in [-0.2, -0.15) is 0 Å². The summed E-state index contributed by atoms with van der Waals surface area (Å²) in [5, 5.41) is 9.43. The highest BCUT2D eigenvalue weighted by Crippen LogP contribution is 2.43. The molecule has 0 spiro atoms. The van der Waals surface area contributed by atoms with Crippen molar-refractivity contribution < 1.29 is 9.90 Å². The molecule has 1 fully saturated rings. The van der Waals surface area contributed by atoms with Gasteiger partial charge in [-0.25, -0.2) is 0 Å². The molecule has 1 aliphatic carbocycles. The Labute approximate surface area is 99.4 Å². The lowest BCUT2D eigenvalue weighted by atomic mass is 9.64. The fraction of sp³-hybridized carbons (Fsp3) is 0.929. The Bertz CT molecular complexity index is 242. The molecule has 0 saturated heterocycles. The second-order valence-electron chi connectivity index (χ2n) is 6.86. The molecule has 1 rings (SSSR count). The molecule has 2 heteroatoms. The molecule has 0 amide bonds. The smallest absolute Gasteiger partial charge is 0.307 e. The molecule has 0 radical (unpaired) electrons. The molecule has 0 heterocycles. The van der Waals surface area contributed by atoms with Crippen LogP contribution in [-0.4, -0.2) is 11.1 Å². The van der Waals surface area contributed by atoms with E-state index < -0.39 is 5.97 Å². The fourth-order valence-corrected chi connectivity index (χ4v) is 3.56. The summed E-state index contributed by atoms with van der Waals surface area (Å²) in [4.78, 5) is 11.5. The Hall–Kier alpha value is -0.530. The van der Waals surface area contributed by atoms with E-state index in [2.05, 4.69) is 34.6 Å². The van der Waals surface area contributed by atoms with Crippen molar-refractivity contribution in [1.82, 2.24) is 0 Å². The van der Waals surface area contributed by atoms with Gasteiger partial charge in [0, 0.05) is 0 Å². The molecule has 0 aromatic heterocycles. The van der Waals surface area contributed by atoms with Crippen molar-refractivity contribution in [3.63, 3.8) is 0 Å². The maximum Gasteiger partial charge on any atom is 0.307 e. The highest BCUT2D eigenvalue weighted by Gasteiger charge is 2.40. The number of hydrogen-bond donors (Lipinski definition) is 1. The number of carbonyl (C=O) groups is 1. The van der Waals surface area contributed by atoms with Crippen LogP contribution in [0, 0.1) is 29.1 Å². The summed E-state index contributed by atoms with van der Waals surface area (Å²) >= 11 is 0. The summed E-state index contributed by atoms with van der Waals surface area (Å²) < 4.78 is 0. The molecule has 3 atom stereocenters. The Kier molecular flexibility index (Phi) is 4.03. The summed E-state index contributed by atoms with van der Waals surface area (Å²) in [5.74, 6) is 0.906. The summed E-state index contributed by atoms with van der Waals surface area (Å²) in [6, 6.07) is 0. The van der Waals surface area contributed by atoms with E-state index in [1.807, 2.05) is 0 Å². The lowest BCUT2D eigenvalue weighted by molar-refractivity contribution is -0.149. The zero-order valence-corrected chi connectivity index (χ0v) is 11.3. The van der Waals surface area contributed by atoms with Crippen LogP contribution in [0.4, 0.5) is 0 Å². The average molecular weight is 226 g/mol. The van der Waals surface area contributed by atoms with E-state index in [9.17, 15) is 9.90 Å². The first kappa shape index (κ1) is 13.5. The van der Waals surface area contributed by atoms with Gasteiger partial charge in [-0.15, -0.1) is 0 Å². The molecule has 16 heavy (non-hydrogen) atoms. The standard InChI is InChI=1S/C14H26O2/c1-9-6-10(2)8-11(7-9)12(13(15)16)14(3,4)5/h9-12H,6-8H2,1-5H3,(H,15,16). The summed E-state index contributed by atoms with van der Waals surface area (Å²) in [6.45, 7) is 10.7. The second-order valence-corrected chi connectivity index (χ2v) is 6.86. The molecule has 0 aliphatic heterocycles. The van der Waals surface area contributed by atoms with Crippen LogP contribution >= 0.6 is 0 Å². The van der Waals surface area contributed by atoms with Crippen molar-refractivity contribution >= 4 is 5.97 Å². The zero-order chi connectivity index (χ0) is 12.5. The number of carboxylic acid groups (broad SMARTS) is 1. The highest BCUT2D eigenvalue weighted by molar-refractivity contribution is 5.71. The van der Waals surface area contributed by atoms with Gasteiger partial charge in [0.25, 0.3) is 0 Å². The van der Waals surface area contributed by atoms with Crippen LogP contribution in [0.15, 0.2) is 0 Å². The van der Waals surface area contributed by atoms with Crippen molar-refractivity contribution in [2.75, 3.05) is 0 Å². The van der Waals surface area contributed by atoms with Crippen molar-refractivity contribution in [3.8, 4) is 0 Å². The average Bonchev–Trinajstić information content (AvgIpc) is 1.96. The first-order chi connectivity index (χ1) is 7.21. The fourth-order valence-electron chi connectivity index (χ4n) is 3.56. The minimum Gasteiger partial charge on any atom is -0.481 e. The van der Waals surface area contributed by atoms with Gasteiger partial charge in [0.1, 0.15) is 0 Å². The lowest BCUT2D eigenvalue weighted by Gasteiger charge is -2.40. The van der Waals surface area contributed by atoms with Crippen molar-refractivity contribution in [1.29, 1.82) is 0 Å². The van der Waals surface area contributed by atoms with E-state index in [1.54, 1.807) is 0 Å². The molecule has 0 aromatic carbocycles. The largest absolute Gasteiger partial charge is 0.481 e.